The first kappa shape index (κ1) is 27.7. The molecule has 1 N–H and O–H groups in total. The van der Waals surface area contributed by atoms with E-state index < -0.39 is 27.8 Å². The van der Waals surface area contributed by atoms with Crippen LogP contribution in [0.25, 0.3) is 0 Å². The van der Waals surface area contributed by atoms with Gasteiger partial charge in [0.2, 0.25) is 0 Å². The number of carbonyl (C=O) groups is 1. The molecule has 13 heteroatoms. The predicted octanol–water partition coefficient (Wildman–Crippen LogP) is 6.08. The van der Waals surface area contributed by atoms with Crippen LogP contribution in [0.4, 0.5) is 18.9 Å². The van der Waals surface area contributed by atoms with Crippen LogP contribution in [0, 0.1) is 0 Å². The number of sulfonamides is 1. The Kier molecular flexibility index (Phi) is 8.10. The quantitative estimate of drug-likeness (QED) is 0.377. The van der Waals surface area contributed by atoms with Gasteiger partial charge in [-0.1, -0.05) is 23.2 Å². The number of rotatable bonds is 6. The molecule has 4 rings (SSSR count). The molecule has 198 valence electrons. The molecule has 1 amide bonds. The lowest BCUT2D eigenvalue weighted by molar-refractivity contribution is -0.137. The van der Waals surface area contributed by atoms with Crippen LogP contribution in [0.3, 0.4) is 0 Å². The van der Waals surface area contributed by atoms with Gasteiger partial charge in [-0.15, -0.1) is 11.3 Å². The summed E-state index contributed by atoms with van der Waals surface area (Å²) >= 11 is 12.6. The van der Waals surface area contributed by atoms with E-state index in [1.807, 2.05) is 0 Å². The first-order valence-electron chi connectivity index (χ1n) is 11.1. The number of nitrogens with zero attached hydrogens (tertiary/aromatic N) is 2. The third-order valence-corrected chi connectivity index (χ3v) is 10.2. The van der Waals surface area contributed by atoms with Gasteiger partial charge in [0.15, 0.2) is 0 Å². The molecule has 0 radical (unpaired) electrons. The van der Waals surface area contributed by atoms with Crippen molar-refractivity contribution in [3.05, 3.63) is 80.6 Å². The van der Waals surface area contributed by atoms with Gasteiger partial charge >= 0.3 is 6.18 Å². The number of hydrogen-bond acceptors (Lipinski definition) is 5. The van der Waals surface area contributed by atoms with Crippen LogP contribution in [0.5, 0.6) is 0 Å². The smallest absolute Gasteiger partial charge is 0.369 e. The van der Waals surface area contributed by atoms with Crippen molar-refractivity contribution in [1.82, 2.24) is 9.62 Å². The van der Waals surface area contributed by atoms with E-state index in [0.29, 0.717) is 21.2 Å². The highest BCUT2D eigenvalue weighted by Crippen LogP contribution is 2.37. The lowest BCUT2D eigenvalue weighted by Crippen LogP contribution is -2.48. The van der Waals surface area contributed by atoms with Crippen LogP contribution in [-0.2, 0) is 16.2 Å². The number of amides is 1. The molecule has 6 nitrogen and oxygen atoms in total. The van der Waals surface area contributed by atoms with Gasteiger partial charge in [0.05, 0.1) is 16.6 Å². The standard InChI is InChI=1S/C24H22Cl2F3N3O3S2/c1-15(30-23(33)16-2-4-17(25)5-3-16)21-8-9-22(36-21)37(34,35)32-12-10-31(11-13-32)18-6-7-20(26)19(14-18)24(27,28)29/h2-9,14-15H,10-13H2,1H3,(H,30,33). The minimum Gasteiger partial charge on any atom is -0.369 e. The van der Waals surface area contributed by atoms with Crippen LogP contribution >= 0.6 is 34.5 Å². The Morgan fingerprint density at radius 3 is 2.27 bits per heavy atom. The van der Waals surface area contributed by atoms with Crippen LogP contribution in [0.2, 0.25) is 10.0 Å². The summed E-state index contributed by atoms with van der Waals surface area (Å²) in [7, 11) is -3.81. The average Bonchev–Trinajstić information content (AvgIpc) is 3.36. The number of hydrogen-bond donors (Lipinski definition) is 1. The minimum atomic E-state index is -4.58. The maximum absolute atomic E-state index is 13.2. The Balaban J connectivity index is 1.41. The number of piperazine rings is 1. The first-order valence-corrected chi connectivity index (χ1v) is 14.2. The molecular weight excluding hydrogens is 570 g/mol. The van der Waals surface area contributed by atoms with E-state index in [2.05, 4.69) is 5.32 Å². The second-order valence-corrected chi connectivity index (χ2v) is 12.5. The molecule has 37 heavy (non-hydrogen) atoms. The monoisotopic (exact) mass is 591 g/mol. The number of carbonyl (C=O) groups excluding carboxylic acids is 1. The molecule has 1 aliphatic rings. The van der Waals surface area contributed by atoms with E-state index in [1.54, 1.807) is 42.2 Å². The predicted molar refractivity (Wildman–Crippen MR) is 139 cm³/mol. The van der Waals surface area contributed by atoms with Crippen LogP contribution in [0.1, 0.15) is 33.8 Å². The first-order chi connectivity index (χ1) is 17.4. The maximum Gasteiger partial charge on any atom is 0.417 e. The number of anilines is 1. The fourth-order valence-corrected chi connectivity index (χ4v) is 7.15. The summed E-state index contributed by atoms with van der Waals surface area (Å²) in [6.07, 6.45) is -4.58. The SMILES string of the molecule is CC(NC(=O)c1ccc(Cl)cc1)c1ccc(S(=O)(=O)N2CCN(c3ccc(Cl)c(C(F)(F)F)c3)CC2)s1. The zero-order chi connectivity index (χ0) is 27.0. The Labute approximate surface area is 226 Å². The van der Waals surface area contributed by atoms with E-state index >= 15 is 0 Å². The molecule has 2 heterocycles. The second kappa shape index (κ2) is 10.8. The Morgan fingerprint density at radius 1 is 1.00 bits per heavy atom. The summed E-state index contributed by atoms with van der Waals surface area (Å²) in [6.45, 7) is 2.44. The largest absolute Gasteiger partial charge is 0.417 e. The highest BCUT2D eigenvalue weighted by Gasteiger charge is 2.35. The topological polar surface area (TPSA) is 69.7 Å². The summed E-state index contributed by atoms with van der Waals surface area (Å²) in [6, 6.07) is 12.8. The van der Waals surface area contributed by atoms with Crippen molar-refractivity contribution in [2.75, 3.05) is 31.1 Å². The molecule has 1 fully saturated rings. The van der Waals surface area contributed by atoms with Gasteiger partial charge in [0.1, 0.15) is 4.21 Å². The molecule has 0 bridgehead atoms. The van der Waals surface area contributed by atoms with Gasteiger partial charge in [0.25, 0.3) is 15.9 Å². The summed E-state index contributed by atoms with van der Waals surface area (Å²) in [5.74, 6) is -0.311. The van der Waals surface area contributed by atoms with E-state index in [0.717, 1.165) is 17.4 Å². The van der Waals surface area contributed by atoms with Gasteiger partial charge in [0, 0.05) is 47.3 Å². The Hall–Kier alpha value is -2.31. The lowest BCUT2D eigenvalue weighted by atomic mass is 10.1. The lowest BCUT2D eigenvalue weighted by Gasteiger charge is -2.35. The third-order valence-electron chi connectivity index (χ3n) is 5.94. The van der Waals surface area contributed by atoms with Crippen molar-refractivity contribution >= 4 is 56.2 Å². The summed E-state index contributed by atoms with van der Waals surface area (Å²) in [4.78, 5) is 14.8. The van der Waals surface area contributed by atoms with Gasteiger partial charge < -0.3 is 10.2 Å². The number of benzene rings is 2. The molecule has 1 saturated heterocycles. The zero-order valence-electron chi connectivity index (χ0n) is 19.4. The average molecular weight is 592 g/mol. The fourth-order valence-electron chi connectivity index (χ4n) is 3.90. The molecule has 1 atom stereocenters. The van der Waals surface area contributed by atoms with Crippen molar-refractivity contribution in [1.29, 1.82) is 0 Å². The fraction of sp³-hybridized carbons (Fsp3) is 0.292. The molecule has 0 aliphatic carbocycles. The van der Waals surface area contributed by atoms with E-state index in [1.165, 1.54) is 22.5 Å². The van der Waals surface area contributed by atoms with Crippen LogP contribution in [0.15, 0.2) is 58.8 Å². The zero-order valence-corrected chi connectivity index (χ0v) is 22.6. The molecule has 1 aromatic heterocycles. The van der Waals surface area contributed by atoms with Crippen molar-refractivity contribution in [2.24, 2.45) is 0 Å². The highest BCUT2D eigenvalue weighted by atomic mass is 35.5. The Bertz CT molecular complexity index is 1390. The Morgan fingerprint density at radius 2 is 1.65 bits per heavy atom. The molecule has 1 unspecified atom stereocenters. The third kappa shape index (κ3) is 6.23. The number of thiophene rings is 1. The highest BCUT2D eigenvalue weighted by molar-refractivity contribution is 7.91. The molecule has 0 saturated carbocycles. The van der Waals surface area contributed by atoms with Gasteiger partial charge in [-0.2, -0.15) is 17.5 Å². The summed E-state index contributed by atoms with van der Waals surface area (Å²) in [5, 5.41) is 2.97. The van der Waals surface area contributed by atoms with Crippen LogP contribution in [-0.4, -0.2) is 44.8 Å². The minimum absolute atomic E-state index is 0.113. The molecule has 3 aromatic rings. The normalized spacial score (nSPS) is 16.0. The molecular formula is C24H22Cl2F3N3O3S2. The van der Waals surface area contributed by atoms with E-state index in [9.17, 15) is 26.4 Å². The molecule has 1 aliphatic heterocycles. The van der Waals surface area contributed by atoms with Crippen molar-refractivity contribution in [2.45, 2.75) is 23.4 Å². The van der Waals surface area contributed by atoms with Crippen molar-refractivity contribution < 1.29 is 26.4 Å². The van der Waals surface area contributed by atoms with Gasteiger partial charge in [-0.25, -0.2) is 8.42 Å². The number of halogens is 5. The van der Waals surface area contributed by atoms with Crippen molar-refractivity contribution in [3.63, 3.8) is 0 Å². The molecule has 2 aromatic carbocycles. The summed E-state index contributed by atoms with van der Waals surface area (Å²) in [5.41, 5.74) is -0.163. The van der Waals surface area contributed by atoms with E-state index in [4.69, 9.17) is 23.2 Å². The number of nitrogens with one attached hydrogen (secondary N) is 1. The van der Waals surface area contributed by atoms with Gasteiger partial charge in [-0.05, 0) is 61.5 Å². The summed E-state index contributed by atoms with van der Waals surface area (Å²) < 4.78 is 67.5. The maximum atomic E-state index is 13.2. The van der Waals surface area contributed by atoms with Crippen LogP contribution < -0.4 is 10.2 Å². The van der Waals surface area contributed by atoms with E-state index in [-0.39, 0.29) is 41.3 Å². The van der Waals surface area contributed by atoms with Crippen molar-refractivity contribution in [3.8, 4) is 0 Å². The second-order valence-electron chi connectivity index (χ2n) is 8.41. The number of alkyl halides is 3. The molecule has 0 spiro atoms. The van der Waals surface area contributed by atoms with Gasteiger partial charge in [-0.3, -0.25) is 4.79 Å².